The minimum absolute atomic E-state index is 0.232. The molecule has 0 saturated carbocycles. The standard InChI is InChI=1S/C20H16F2N4O/c1-11-16(15-7-4-13(21)8-17(15)22)9-19-24-18(10-20(27)26(19)25-11)12-2-5-14(23)6-3-12/h2-10,19,24H,23H2,1H3. The smallest absolute Gasteiger partial charge is 0.271 e. The van der Waals surface area contributed by atoms with Gasteiger partial charge in [-0.05, 0) is 42.8 Å². The molecule has 7 heteroatoms. The second-order valence-corrected chi connectivity index (χ2v) is 6.34. The van der Waals surface area contributed by atoms with Gasteiger partial charge in [0.25, 0.3) is 5.91 Å². The van der Waals surface area contributed by atoms with Crippen LogP contribution in [0, 0.1) is 11.6 Å². The van der Waals surface area contributed by atoms with Crippen LogP contribution >= 0.6 is 0 Å². The van der Waals surface area contributed by atoms with Crippen molar-refractivity contribution in [3.05, 3.63) is 77.4 Å². The number of carbonyl (C=O) groups excluding carboxylic acids is 1. The van der Waals surface area contributed by atoms with Crippen molar-refractivity contribution in [1.82, 2.24) is 10.3 Å². The lowest BCUT2D eigenvalue weighted by atomic mass is 9.98. The van der Waals surface area contributed by atoms with Gasteiger partial charge in [-0.15, -0.1) is 0 Å². The number of hydrogen-bond donors (Lipinski definition) is 2. The average Bonchev–Trinajstić information content (AvgIpc) is 2.63. The van der Waals surface area contributed by atoms with E-state index in [1.807, 2.05) is 0 Å². The van der Waals surface area contributed by atoms with E-state index in [0.29, 0.717) is 22.7 Å². The van der Waals surface area contributed by atoms with E-state index < -0.39 is 17.8 Å². The van der Waals surface area contributed by atoms with Crippen molar-refractivity contribution in [3.63, 3.8) is 0 Å². The molecule has 1 atom stereocenters. The van der Waals surface area contributed by atoms with Gasteiger partial charge in [0.2, 0.25) is 0 Å². The van der Waals surface area contributed by atoms with Gasteiger partial charge in [-0.2, -0.15) is 5.10 Å². The maximum absolute atomic E-state index is 14.2. The predicted molar refractivity (Wildman–Crippen MR) is 100 cm³/mol. The number of halogens is 2. The number of allylic oxidation sites excluding steroid dienone is 1. The summed E-state index contributed by atoms with van der Waals surface area (Å²) in [6.45, 7) is 1.68. The fourth-order valence-electron chi connectivity index (χ4n) is 3.13. The van der Waals surface area contributed by atoms with E-state index in [2.05, 4.69) is 10.4 Å². The number of nitrogens with one attached hydrogen (secondary N) is 1. The molecule has 0 spiro atoms. The Morgan fingerprint density at radius 3 is 2.59 bits per heavy atom. The first-order chi connectivity index (χ1) is 12.9. The Labute approximate surface area is 154 Å². The summed E-state index contributed by atoms with van der Waals surface area (Å²) in [7, 11) is 0. The summed E-state index contributed by atoms with van der Waals surface area (Å²) >= 11 is 0. The van der Waals surface area contributed by atoms with Gasteiger partial charge in [0.05, 0.1) is 5.71 Å². The summed E-state index contributed by atoms with van der Waals surface area (Å²) in [4.78, 5) is 12.5. The van der Waals surface area contributed by atoms with Crippen molar-refractivity contribution in [1.29, 1.82) is 0 Å². The van der Waals surface area contributed by atoms with Crippen LogP contribution in [0.5, 0.6) is 0 Å². The number of nitrogens with two attached hydrogens (primary N) is 1. The summed E-state index contributed by atoms with van der Waals surface area (Å²) in [6.07, 6.45) is 2.58. The molecule has 0 bridgehead atoms. The zero-order valence-electron chi connectivity index (χ0n) is 14.4. The lowest BCUT2D eigenvalue weighted by molar-refractivity contribution is -0.128. The van der Waals surface area contributed by atoms with Crippen LogP contribution in [0.3, 0.4) is 0 Å². The minimum Gasteiger partial charge on any atom is -0.399 e. The molecule has 2 aromatic carbocycles. The number of amides is 1. The van der Waals surface area contributed by atoms with Crippen molar-refractivity contribution in [2.45, 2.75) is 13.1 Å². The van der Waals surface area contributed by atoms with Crippen LogP contribution in [-0.2, 0) is 4.79 Å². The highest BCUT2D eigenvalue weighted by molar-refractivity contribution is 6.23. The highest BCUT2D eigenvalue weighted by atomic mass is 19.1. The molecule has 0 aromatic heterocycles. The zero-order chi connectivity index (χ0) is 19.1. The van der Waals surface area contributed by atoms with E-state index >= 15 is 0 Å². The van der Waals surface area contributed by atoms with Gasteiger partial charge in [0, 0.05) is 34.7 Å². The van der Waals surface area contributed by atoms with Crippen molar-refractivity contribution in [2.75, 3.05) is 5.73 Å². The summed E-state index contributed by atoms with van der Waals surface area (Å²) < 4.78 is 27.5. The second kappa shape index (κ2) is 6.35. The summed E-state index contributed by atoms with van der Waals surface area (Å²) in [5.41, 5.74) is 8.95. The van der Waals surface area contributed by atoms with Gasteiger partial charge in [0.1, 0.15) is 17.8 Å². The number of carbonyl (C=O) groups is 1. The SMILES string of the molecule is CC1=NN2C(=O)C=C(c3ccc(N)cc3)NC2C=C1c1ccc(F)cc1F. The van der Waals surface area contributed by atoms with Gasteiger partial charge in [-0.3, -0.25) is 4.79 Å². The van der Waals surface area contributed by atoms with E-state index in [-0.39, 0.29) is 11.5 Å². The molecule has 136 valence electrons. The molecular weight excluding hydrogens is 350 g/mol. The Bertz CT molecular complexity index is 1020. The molecule has 1 unspecified atom stereocenters. The fraction of sp³-hybridized carbons (Fsp3) is 0.100. The molecule has 4 rings (SSSR count). The number of hydrogen-bond acceptors (Lipinski definition) is 4. The van der Waals surface area contributed by atoms with E-state index in [1.165, 1.54) is 23.2 Å². The molecule has 0 fully saturated rings. The van der Waals surface area contributed by atoms with Crippen LogP contribution in [0.15, 0.2) is 59.7 Å². The first-order valence-electron chi connectivity index (χ1n) is 8.32. The van der Waals surface area contributed by atoms with Crippen LogP contribution in [0.4, 0.5) is 14.5 Å². The lowest BCUT2D eigenvalue weighted by Gasteiger charge is -2.35. The van der Waals surface area contributed by atoms with Crippen LogP contribution in [0.2, 0.25) is 0 Å². The van der Waals surface area contributed by atoms with Crippen LogP contribution in [0.25, 0.3) is 11.3 Å². The quantitative estimate of drug-likeness (QED) is 0.803. The third-order valence-corrected chi connectivity index (χ3v) is 4.48. The second-order valence-electron chi connectivity index (χ2n) is 6.34. The van der Waals surface area contributed by atoms with Crippen LogP contribution in [0.1, 0.15) is 18.1 Å². The van der Waals surface area contributed by atoms with E-state index in [4.69, 9.17) is 5.73 Å². The van der Waals surface area contributed by atoms with E-state index in [0.717, 1.165) is 11.6 Å². The molecule has 2 aliphatic heterocycles. The molecule has 1 amide bonds. The van der Waals surface area contributed by atoms with Crippen LogP contribution in [-0.4, -0.2) is 22.8 Å². The molecule has 0 saturated heterocycles. The molecule has 0 radical (unpaired) electrons. The normalized spacial score (nSPS) is 18.9. The first-order valence-corrected chi connectivity index (χ1v) is 8.32. The Hall–Kier alpha value is -3.48. The lowest BCUT2D eigenvalue weighted by Crippen LogP contribution is -2.49. The highest BCUT2D eigenvalue weighted by Gasteiger charge is 2.31. The molecule has 2 aliphatic rings. The molecule has 3 N–H and O–H groups in total. The fourth-order valence-corrected chi connectivity index (χ4v) is 3.13. The van der Waals surface area contributed by atoms with E-state index in [1.54, 1.807) is 37.3 Å². The Kier molecular flexibility index (Phi) is 3.99. The molecule has 27 heavy (non-hydrogen) atoms. The van der Waals surface area contributed by atoms with Gasteiger partial charge in [-0.1, -0.05) is 12.1 Å². The van der Waals surface area contributed by atoms with Gasteiger partial charge >= 0.3 is 0 Å². The topological polar surface area (TPSA) is 70.7 Å². The van der Waals surface area contributed by atoms with E-state index in [9.17, 15) is 13.6 Å². The average molecular weight is 366 g/mol. The van der Waals surface area contributed by atoms with Gasteiger partial charge < -0.3 is 11.1 Å². The maximum Gasteiger partial charge on any atom is 0.271 e. The predicted octanol–water partition coefficient (Wildman–Crippen LogP) is 3.12. The zero-order valence-corrected chi connectivity index (χ0v) is 14.4. The van der Waals surface area contributed by atoms with Crippen molar-refractivity contribution in [3.8, 4) is 0 Å². The van der Waals surface area contributed by atoms with Gasteiger partial charge in [-0.25, -0.2) is 13.8 Å². The first kappa shape index (κ1) is 17.0. The summed E-state index contributed by atoms with van der Waals surface area (Å²) in [6, 6.07) is 10.5. The Balaban J connectivity index is 1.72. The van der Waals surface area contributed by atoms with Crippen molar-refractivity contribution in [2.24, 2.45) is 5.10 Å². The number of hydrazone groups is 1. The monoisotopic (exact) mass is 366 g/mol. The Morgan fingerprint density at radius 1 is 1.15 bits per heavy atom. The number of nitrogens with zero attached hydrogens (tertiary/aromatic N) is 2. The minimum atomic E-state index is -0.680. The van der Waals surface area contributed by atoms with Crippen LogP contribution < -0.4 is 11.1 Å². The number of benzene rings is 2. The maximum atomic E-state index is 14.2. The molecule has 5 nitrogen and oxygen atoms in total. The number of rotatable bonds is 2. The molecule has 2 heterocycles. The summed E-state index contributed by atoms with van der Waals surface area (Å²) in [5.74, 6) is -1.62. The number of fused-ring (bicyclic) bond motifs is 1. The number of anilines is 1. The Morgan fingerprint density at radius 2 is 1.89 bits per heavy atom. The molecular formula is C20H16F2N4O. The number of nitrogen functional groups attached to an aromatic ring is 1. The largest absolute Gasteiger partial charge is 0.399 e. The third kappa shape index (κ3) is 3.08. The van der Waals surface area contributed by atoms with Crippen molar-refractivity contribution >= 4 is 28.6 Å². The third-order valence-electron chi connectivity index (χ3n) is 4.48. The van der Waals surface area contributed by atoms with Crippen molar-refractivity contribution < 1.29 is 13.6 Å². The van der Waals surface area contributed by atoms with Gasteiger partial charge in [0.15, 0.2) is 0 Å². The summed E-state index contributed by atoms with van der Waals surface area (Å²) in [5, 5.41) is 8.80. The molecule has 0 aliphatic carbocycles. The highest BCUT2D eigenvalue weighted by Crippen LogP contribution is 2.29. The molecule has 2 aromatic rings.